The van der Waals surface area contributed by atoms with Crippen LogP contribution in [0.15, 0.2) is 35.5 Å². The second-order valence-corrected chi connectivity index (χ2v) is 9.31. The molecule has 1 fully saturated rings. The number of piperazine rings is 1. The first-order valence-corrected chi connectivity index (χ1v) is 12.5. The Bertz CT molecular complexity index is 980. The van der Waals surface area contributed by atoms with E-state index in [1.165, 1.54) is 30.0 Å². The molecule has 1 aliphatic heterocycles. The molecule has 33 heavy (non-hydrogen) atoms. The number of nitrogens with zero attached hydrogens (tertiary/aromatic N) is 4. The SMILES string of the molecule is CCCCCNC(=O)CSc1nc(Cl)cc(N2CCN(C(=O)c3cccc(F)c3)C(C)C2)n1. The van der Waals surface area contributed by atoms with Crippen molar-refractivity contribution in [1.82, 2.24) is 20.2 Å². The van der Waals surface area contributed by atoms with Crippen molar-refractivity contribution in [2.24, 2.45) is 0 Å². The van der Waals surface area contributed by atoms with Crippen molar-refractivity contribution in [2.75, 3.05) is 36.8 Å². The predicted molar refractivity (Wildman–Crippen MR) is 129 cm³/mol. The molecule has 1 saturated heterocycles. The zero-order chi connectivity index (χ0) is 23.8. The Hall–Kier alpha value is -2.39. The Morgan fingerprint density at radius 3 is 2.79 bits per heavy atom. The molecular formula is C23H29ClFN5O2S. The van der Waals surface area contributed by atoms with Crippen LogP contribution in [0.5, 0.6) is 0 Å². The van der Waals surface area contributed by atoms with Gasteiger partial charge in [0.1, 0.15) is 16.8 Å². The van der Waals surface area contributed by atoms with Gasteiger partial charge in [0.25, 0.3) is 5.91 Å². The van der Waals surface area contributed by atoms with Gasteiger partial charge >= 0.3 is 0 Å². The molecule has 1 aromatic heterocycles. The van der Waals surface area contributed by atoms with Gasteiger partial charge in [-0.15, -0.1) is 0 Å². The minimum absolute atomic E-state index is 0.0562. The molecule has 1 atom stereocenters. The van der Waals surface area contributed by atoms with Crippen LogP contribution in [-0.2, 0) is 4.79 Å². The molecule has 7 nitrogen and oxygen atoms in total. The van der Waals surface area contributed by atoms with Crippen LogP contribution in [0.4, 0.5) is 10.2 Å². The van der Waals surface area contributed by atoms with Crippen molar-refractivity contribution in [1.29, 1.82) is 0 Å². The van der Waals surface area contributed by atoms with Gasteiger partial charge in [-0.2, -0.15) is 0 Å². The van der Waals surface area contributed by atoms with E-state index in [1.807, 2.05) is 11.8 Å². The summed E-state index contributed by atoms with van der Waals surface area (Å²) >= 11 is 7.47. The van der Waals surface area contributed by atoms with Gasteiger partial charge in [0, 0.05) is 43.9 Å². The van der Waals surface area contributed by atoms with Crippen LogP contribution in [0, 0.1) is 5.82 Å². The molecular weight excluding hydrogens is 465 g/mol. The number of hydrogen-bond acceptors (Lipinski definition) is 6. The van der Waals surface area contributed by atoms with Crippen LogP contribution in [0.2, 0.25) is 5.15 Å². The van der Waals surface area contributed by atoms with Crippen LogP contribution >= 0.6 is 23.4 Å². The Morgan fingerprint density at radius 1 is 1.24 bits per heavy atom. The van der Waals surface area contributed by atoms with E-state index in [0.717, 1.165) is 19.3 Å². The first-order valence-electron chi connectivity index (χ1n) is 11.1. The monoisotopic (exact) mass is 493 g/mol. The number of amides is 2. The predicted octanol–water partition coefficient (Wildman–Crippen LogP) is 4.02. The fourth-order valence-corrected chi connectivity index (χ4v) is 4.56. The maximum absolute atomic E-state index is 13.5. The van der Waals surface area contributed by atoms with Crippen LogP contribution < -0.4 is 10.2 Å². The number of unbranched alkanes of at least 4 members (excludes halogenated alkanes) is 2. The summed E-state index contributed by atoms with van der Waals surface area (Å²) in [5, 5.41) is 3.64. The fourth-order valence-electron chi connectivity index (χ4n) is 3.65. The lowest BCUT2D eigenvalue weighted by atomic mass is 10.1. The highest BCUT2D eigenvalue weighted by atomic mass is 35.5. The molecule has 1 unspecified atom stereocenters. The summed E-state index contributed by atoms with van der Waals surface area (Å²) in [7, 11) is 0. The molecule has 1 aliphatic rings. The van der Waals surface area contributed by atoms with Gasteiger partial charge in [-0.25, -0.2) is 14.4 Å². The molecule has 0 bridgehead atoms. The minimum atomic E-state index is -0.428. The van der Waals surface area contributed by atoms with Crippen molar-refractivity contribution < 1.29 is 14.0 Å². The normalized spacial score (nSPS) is 16.1. The number of nitrogens with one attached hydrogen (secondary N) is 1. The highest BCUT2D eigenvalue weighted by Crippen LogP contribution is 2.24. The van der Waals surface area contributed by atoms with Crippen molar-refractivity contribution in [3.05, 3.63) is 46.9 Å². The molecule has 3 rings (SSSR count). The smallest absolute Gasteiger partial charge is 0.254 e. The van der Waals surface area contributed by atoms with Crippen molar-refractivity contribution in [3.8, 4) is 0 Å². The van der Waals surface area contributed by atoms with E-state index in [1.54, 1.807) is 17.0 Å². The lowest BCUT2D eigenvalue weighted by Gasteiger charge is -2.40. The summed E-state index contributed by atoms with van der Waals surface area (Å²) in [4.78, 5) is 37.5. The molecule has 2 amide bonds. The zero-order valence-corrected chi connectivity index (χ0v) is 20.5. The summed E-state index contributed by atoms with van der Waals surface area (Å²) in [6, 6.07) is 7.33. The van der Waals surface area contributed by atoms with E-state index >= 15 is 0 Å². The lowest BCUT2D eigenvalue weighted by molar-refractivity contribution is -0.118. The quantitative estimate of drug-likeness (QED) is 0.246. The molecule has 0 aliphatic carbocycles. The fraction of sp³-hybridized carbons (Fsp3) is 0.478. The molecule has 10 heteroatoms. The summed E-state index contributed by atoms with van der Waals surface area (Å²) in [5.74, 6) is 0.203. The van der Waals surface area contributed by atoms with Gasteiger partial charge < -0.3 is 15.1 Å². The average Bonchev–Trinajstić information content (AvgIpc) is 2.79. The second-order valence-electron chi connectivity index (χ2n) is 7.98. The minimum Gasteiger partial charge on any atom is -0.355 e. The number of aromatic nitrogens is 2. The van der Waals surface area contributed by atoms with Gasteiger partial charge in [0.05, 0.1) is 5.75 Å². The highest BCUT2D eigenvalue weighted by Gasteiger charge is 2.29. The Morgan fingerprint density at radius 2 is 2.06 bits per heavy atom. The van der Waals surface area contributed by atoms with E-state index in [-0.39, 0.29) is 23.6 Å². The van der Waals surface area contributed by atoms with E-state index in [9.17, 15) is 14.0 Å². The third kappa shape index (κ3) is 7.30. The average molecular weight is 494 g/mol. The van der Waals surface area contributed by atoms with Crippen molar-refractivity contribution in [2.45, 2.75) is 44.3 Å². The first-order chi connectivity index (χ1) is 15.9. The summed E-state index contributed by atoms with van der Waals surface area (Å²) in [6.45, 7) is 6.32. The topological polar surface area (TPSA) is 78.4 Å². The number of rotatable bonds is 9. The number of carbonyl (C=O) groups excluding carboxylic acids is 2. The number of hydrogen-bond donors (Lipinski definition) is 1. The largest absolute Gasteiger partial charge is 0.355 e. The van der Waals surface area contributed by atoms with E-state index in [0.29, 0.717) is 47.9 Å². The molecule has 1 N–H and O–H groups in total. The van der Waals surface area contributed by atoms with E-state index in [2.05, 4.69) is 22.2 Å². The van der Waals surface area contributed by atoms with Gasteiger partial charge in [-0.05, 0) is 31.5 Å². The zero-order valence-electron chi connectivity index (χ0n) is 18.9. The number of halogens is 2. The van der Waals surface area contributed by atoms with Gasteiger partial charge in [0.15, 0.2) is 5.16 Å². The van der Waals surface area contributed by atoms with E-state index < -0.39 is 5.82 Å². The van der Waals surface area contributed by atoms with Crippen molar-refractivity contribution >= 4 is 41.0 Å². The molecule has 178 valence electrons. The second kappa shape index (κ2) is 12.2. The highest BCUT2D eigenvalue weighted by molar-refractivity contribution is 7.99. The third-order valence-corrected chi connectivity index (χ3v) is 6.42. The van der Waals surface area contributed by atoms with E-state index in [4.69, 9.17) is 11.6 Å². The standard InChI is InChI=1S/C23H29ClFN5O2S/c1-3-4-5-9-26-21(31)15-33-23-27-19(24)13-20(28-23)29-10-11-30(16(2)14-29)22(32)17-7-6-8-18(25)12-17/h6-8,12-13,16H,3-5,9-11,14-15H2,1-2H3,(H,26,31). The van der Waals surface area contributed by atoms with Gasteiger partial charge in [-0.3, -0.25) is 9.59 Å². The van der Waals surface area contributed by atoms with Crippen LogP contribution in [0.1, 0.15) is 43.5 Å². The molecule has 0 saturated carbocycles. The molecule has 1 aromatic carbocycles. The van der Waals surface area contributed by atoms with Crippen LogP contribution in [0.25, 0.3) is 0 Å². The molecule has 0 spiro atoms. The summed E-state index contributed by atoms with van der Waals surface area (Å²) in [6.07, 6.45) is 3.17. The number of anilines is 1. The third-order valence-electron chi connectivity index (χ3n) is 5.38. The first kappa shape index (κ1) is 25.2. The van der Waals surface area contributed by atoms with Crippen LogP contribution in [-0.4, -0.2) is 64.7 Å². The number of benzene rings is 1. The van der Waals surface area contributed by atoms with Gasteiger partial charge in [-0.1, -0.05) is 49.2 Å². The van der Waals surface area contributed by atoms with Crippen molar-refractivity contribution in [3.63, 3.8) is 0 Å². The lowest BCUT2D eigenvalue weighted by Crippen LogP contribution is -2.54. The maximum atomic E-state index is 13.5. The molecule has 0 radical (unpaired) electrons. The Balaban J connectivity index is 1.58. The summed E-state index contributed by atoms with van der Waals surface area (Å²) in [5.41, 5.74) is 0.340. The number of thioether (sulfide) groups is 1. The molecule has 2 aromatic rings. The summed E-state index contributed by atoms with van der Waals surface area (Å²) < 4.78 is 13.5. The Kier molecular flexibility index (Phi) is 9.31. The van der Waals surface area contributed by atoms with Gasteiger partial charge in [0.2, 0.25) is 5.91 Å². The number of carbonyl (C=O) groups is 2. The molecule has 2 heterocycles. The van der Waals surface area contributed by atoms with Crippen LogP contribution in [0.3, 0.4) is 0 Å². The Labute approximate surface area is 203 Å². The maximum Gasteiger partial charge on any atom is 0.254 e.